The van der Waals surface area contributed by atoms with Crippen molar-refractivity contribution in [3.63, 3.8) is 0 Å². The Hall–Kier alpha value is -2.58. The van der Waals surface area contributed by atoms with Gasteiger partial charge in [-0.2, -0.15) is 0 Å². The van der Waals surface area contributed by atoms with Crippen LogP contribution < -0.4 is 5.32 Å². The number of unbranched alkanes of at least 4 members (excludes halogenated alkanes) is 23. The maximum absolute atomic E-state index is 13.0. The molecule has 404 valence electrons. The number of aromatic nitrogens is 3. The van der Waals surface area contributed by atoms with Crippen molar-refractivity contribution in [1.29, 1.82) is 0 Å². The van der Waals surface area contributed by atoms with E-state index >= 15 is 0 Å². The molecule has 1 aromatic heterocycles. The zero-order valence-electron chi connectivity index (χ0n) is 45.9. The Balaban J connectivity index is 2.60. The fourth-order valence-electron chi connectivity index (χ4n) is 8.82. The summed E-state index contributed by atoms with van der Waals surface area (Å²) in [7, 11) is -1.27. The van der Waals surface area contributed by atoms with Crippen LogP contribution in [0.5, 0.6) is 0 Å². The number of carbonyl (C=O) groups is 2. The van der Waals surface area contributed by atoms with Gasteiger partial charge in [0.15, 0.2) is 6.73 Å². The van der Waals surface area contributed by atoms with E-state index in [4.69, 9.17) is 14.2 Å². The standard InChI is InChI=1S/C55H108N6O7Si/c1-8-12-15-18-23-30-38-50(11-4)67-52(62)41-33-26-21-28-35-44-59(46-37-43-56-54-57-55(61(64)65)58-60(54)49-66-47-48-69(5,6)7)45-36-29-22-27-34-42-53(63)68-51(39-31-24-19-16-13-9-2)40-32-25-20-17-14-10-3/h50-51H,8-49H2,1-7H3,(H,56,57,58). The molecule has 1 rings (SSSR count). The Kier molecular flexibility index (Phi) is 41.2. The molecule has 0 saturated heterocycles. The first-order valence-electron chi connectivity index (χ1n) is 28.9. The molecule has 13 nitrogen and oxygen atoms in total. The lowest BCUT2D eigenvalue weighted by Crippen LogP contribution is -2.28. The van der Waals surface area contributed by atoms with Crippen molar-refractivity contribution < 1.29 is 28.7 Å². The lowest BCUT2D eigenvalue weighted by Gasteiger charge is -2.22. The number of hydrogen-bond acceptors (Lipinski definition) is 11. The topological polar surface area (TPSA) is 151 Å². The van der Waals surface area contributed by atoms with Crippen molar-refractivity contribution in [2.45, 2.75) is 297 Å². The van der Waals surface area contributed by atoms with Crippen molar-refractivity contribution in [2.75, 3.05) is 38.1 Å². The van der Waals surface area contributed by atoms with Gasteiger partial charge in [0.25, 0.3) is 0 Å². The van der Waals surface area contributed by atoms with Gasteiger partial charge >= 0.3 is 23.8 Å². The maximum atomic E-state index is 13.0. The van der Waals surface area contributed by atoms with E-state index in [2.05, 4.69) is 67.6 Å². The van der Waals surface area contributed by atoms with Gasteiger partial charge in [0.1, 0.15) is 12.2 Å². The predicted molar refractivity (Wildman–Crippen MR) is 290 cm³/mol. The van der Waals surface area contributed by atoms with Gasteiger partial charge in [0, 0.05) is 39.2 Å². The van der Waals surface area contributed by atoms with Gasteiger partial charge in [-0.05, 0) is 113 Å². The first kappa shape index (κ1) is 64.4. The molecule has 0 saturated carbocycles. The third-order valence-corrected chi connectivity index (χ3v) is 15.1. The van der Waals surface area contributed by atoms with E-state index in [1.165, 1.54) is 101 Å². The fourth-order valence-corrected chi connectivity index (χ4v) is 9.58. The summed E-state index contributed by atoms with van der Waals surface area (Å²) in [5, 5.41) is 18.9. The molecule has 0 aliphatic carbocycles. The van der Waals surface area contributed by atoms with E-state index < -0.39 is 18.9 Å². The second-order valence-electron chi connectivity index (χ2n) is 21.3. The van der Waals surface area contributed by atoms with Crippen molar-refractivity contribution in [1.82, 2.24) is 19.7 Å². The Morgan fingerprint density at radius 2 is 1.03 bits per heavy atom. The average molecular weight is 994 g/mol. The molecular formula is C55H108N6O7Si. The number of ether oxygens (including phenoxy) is 3. The number of esters is 2. The minimum Gasteiger partial charge on any atom is -0.462 e. The van der Waals surface area contributed by atoms with Crippen LogP contribution in [0.1, 0.15) is 252 Å². The van der Waals surface area contributed by atoms with Crippen molar-refractivity contribution >= 4 is 31.9 Å². The molecule has 0 bridgehead atoms. The van der Waals surface area contributed by atoms with Crippen LogP contribution in [0.3, 0.4) is 0 Å². The number of nitrogens with zero attached hydrogens (tertiary/aromatic N) is 5. The van der Waals surface area contributed by atoms with E-state index in [0.717, 1.165) is 141 Å². The predicted octanol–water partition coefficient (Wildman–Crippen LogP) is 15.8. The van der Waals surface area contributed by atoms with Crippen molar-refractivity contribution in [3.8, 4) is 0 Å². The van der Waals surface area contributed by atoms with Gasteiger partial charge in [-0.25, -0.2) is 0 Å². The second-order valence-corrected chi connectivity index (χ2v) is 26.9. The Labute approximate surface area is 424 Å². The van der Waals surface area contributed by atoms with E-state index in [-0.39, 0.29) is 30.9 Å². The van der Waals surface area contributed by atoms with Crippen LogP contribution in [-0.4, -0.2) is 89.6 Å². The number of hydrogen-bond donors (Lipinski definition) is 1. The summed E-state index contributed by atoms with van der Waals surface area (Å²) in [5.74, 6) is -0.112. The van der Waals surface area contributed by atoms with Crippen LogP contribution in [0.15, 0.2) is 0 Å². The molecule has 1 heterocycles. The van der Waals surface area contributed by atoms with Crippen LogP contribution in [0, 0.1) is 10.1 Å². The average Bonchev–Trinajstić information content (AvgIpc) is 3.73. The normalized spacial score (nSPS) is 12.3. The van der Waals surface area contributed by atoms with Crippen LogP contribution in [-0.2, 0) is 30.5 Å². The SMILES string of the molecule is CCCCCCCCC(CC)OC(=O)CCCCCCCN(CCCCCCCC(=O)OC(CCCCCCCC)CCCCCCCC)CCCNc1nc([N+](=O)[O-])nn1COCC[Si](C)(C)C. The van der Waals surface area contributed by atoms with E-state index in [0.29, 0.717) is 31.9 Å². The van der Waals surface area contributed by atoms with Crippen LogP contribution in [0.2, 0.25) is 25.7 Å². The number of rotatable bonds is 51. The molecule has 1 unspecified atom stereocenters. The largest absolute Gasteiger partial charge is 0.493 e. The molecule has 0 aromatic carbocycles. The van der Waals surface area contributed by atoms with Gasteiger partial charge in [0.05, 0.1) is 0 Å². The lowest BCUT2D eigenvalue weighted by molar-refractivity contribution is -0.394. The quantitative estimate of drug-likeness (QED) is 0.0218. The molecule has 1 N–H and O–H groups in total. The molecule has 14 heteroatoms. The highest BCUT2D eigenvalue weighted by Gasteiger charge is 2.22. The maximum Gasteiger partial charge on any atom is 0.493 e. The summed E-state index contributed by atoms with van der Waals surface area (Å²) < 4.78 is 19.2. The zero-order valence-corrected chi connectivity index (χ0v) is 46.9. The van der Waals surface area contributed by atoms with Crippen molar-refractivity contribution in [3.05, 3.63) is 10.1 Å². The minimum absolute atomic E-state index is 0.0111. The van der Waals surface area contributed by atoms with Gasteiger partial charge in [0.2, 0.25) is 0 Å². The summed E-state index contributed by atoms with van der Waals surface area (Å²) in [6.45, 7) is 20.0. The molecule has 0 radical (unpaired) electrons. The van der Waals surface area contributed by atoms with E-state index in [9.17, 15) is 19.7 Å². The van der Waals surface area contributed by atoms with E-state index in [1.54, 1.807) is 0 Å². The summed E-state index contributed by atoms with van der Waals surface area (Å²) in [4.78, 5) is 43.2. The number of anilines is 1. The minimum atomic E-state index is -1.27. The molecule has 0 fully saturated rings. The number of nitrogens with one attached hydrogen (secondary N) is 1. The Morgan fingerprint density at radius 3 is 1.49 bits per heavy atom. The first-order valence-corrected chi connectivity index (χ1v) is 32.6. The highest BCUT2D eigenvalue weighted by Crippen LogP contribution is 2.20. The Bertz CT molecular complexity index is 1360. The summed E-state index contributed by atoms with van der Waals surface area (Å²) in [6.07, 6.45) is 39.1. The third-order valence-electron chi connectivity index (χ3n) is 13.4. The zero-order chi connectivity index (χ0) is 50.6. The molecular weight excluding hydrogens is 885 g/mol. The monoisotopic (exact) mass is 993 g/mol. The lowest BCUT2D eigenvalue weighted by atomic mass is 10.0. The molecule has 0 amide bonds. The molecule has 1 atom stereocenters. The van der Waals surface area contributed by atoms with Gasteiger partial charge in [-0.3, -0.25) is 9.59 Å². The smallest absolute Gasteiger partial charge is 0.462 e. The molecule has 0 aliphatic heterocycles. The highest BCUT2D eigenvalue weighted by molar-refractivity contribution is 6.76. The molecule has 0 aliphatic rings. The Morgan fingerprint density at radius 1 is 0.609 bits per heavy atom. The molecule has 1 aromatic rings. The second kappa shape index (κ2) is 44.1. The summed E-state index contributed by atoms with van der Waals surface area (Å²) in [6, 6.07) is 1.00. The molecule has 69 heavy (non-hydrogen) atoms. The highest BCUT2D eigenvalue weighted by atomic mass is 28.3. The van der Waals surface area contributed by atoms with E-state index in [1.807, 2.05) is 0 Å². The van der Waals surface area contributed by atoms with Gasteiger partial charge < -0.3 is 34.5 Å². The van der Waals surface area contributed by atoms with Gasteiger partial charge in [-0.1, -0.05) is 182 Å². The third kappa shape index (κ3) is 38.7. The first-order chi connectivity index (χ1) is 33.4. The summed E-state index contributed by atoms with van der Waals surface area (Å²) >= 11 is 0. The fraction of sp³-hybridized carbons (Fsp3) is 0.927. The van der Waals surface area contributed by atoms with Crippen LogP contribution in [0.25, 0.3) is 0 Å². The summed E-state index contributed by atoms with van der Waals surface area (Å²) in [5.41, 5.74) is 0. The molecule has 0 spiro atoms. The van der Waals surface area contributed by atoms with Gasteiger partial charge in [-0.15, -0.1) is 4.68 Å². The van der Waals surface area contributed by atoms with Crippen molar-refractivity contribution in [2.24, 2.45) is 0 Å². The van der Waals surface area contributed by atoms with Crippen LogP contribution in [0.4, 0.5) is 11.9 Å². The number of nitro groups is 1. The van der Waals surface area contributed by atoms with Crippen LogP contribution >= 0.6 is 0 Å². The number of carbonyl (C=O) groups excluding carboxylic acids is 2.